The van der Waals surface area contributed by atoms with Gasteiger partial charge in [-0.1, -0.05) is 30.3 Å². The molecule has 0 aromatic heterocycles. The Morgan fingerprint density at radius 2 is 2.10 bits per heavy atom. The normalized spacial score (nSPS) is 14.9. The lowest BCUT2D eigenvalue weighted by atomic mass is 10.1. The third-order valence-corrected chi connectivity index (χ3v) is 3.85. The first-order valence-corrected chi connectivity index (χ1v) is 8.26. The third-order valence-electron chi connectivity index (χ3n) is 3.24. The predicted molar refractivity (Wildman–Crippen MR) is 86.9 cm³/mol. The van der Waals surface area contributed by atoms with Gasteiger partial charge in [0.05, 0.1) is 6.54 Å². The standard InChI is InChI=1S/C16H22N2OS/c1-20-10-8-17-11-15-7-9-18(13-16(15)19)12-14-5-3-2-4-6-14/h2-7,9,17,19H,8,10-13H2,1H3. The number of aliphatic hydroxyl groups excluding tert-OH is 1. The summed E-state index contributed by atoms with van der Waals surface area (Å²) in [5, 5.41) is 13.5. The summed E-state index contributed by atoms with van der Waals surface area (Å²) in [7, 11) is 0. The molecule has 1 aliphatic heterocycles. The van der Waals surface area contributed by atoms with Crippen LogP contribution >= 0.6 is 11.8 Å². The van der Waals surface area contributed by atoms with Crippen molar-refractivity contribution in [2.75, 3.05) is 31.6 Å². The quantitative estimate of drug-likeness (QED) is 0.757. The molecular weight excluding hydrogens is 268 g/mol. The van der Waals surface area contributed by atoms with Gasteiger partial charge in [-0.15, -0.1) is 0 Å². The molecular formula is C16H22N2OS. The monoisotopic (exact) mass is 290 g/mol. The van der Waals surface area contributed by atoms with Crippen LogP contribution in [-0.4, -0.2) is 41.6 Å². The molecule has 0 spiro atoms. The largest absolute Gasteiger partial charge is 0.510 e. The minimum absolute atomic E-state index is 0.472. The van der Waals surface area contributed by atoms with E-state index in [0.717, 1.165) is 31.0 Å². The molecule has 2 rings (SSSR count). The van der Waals surface area contributed by atoms with Crippen LogP contribution in [0.1, 0.15) is 5.56 Å². The molecule has 2 N–H and O–H groups in total. The Hall–Kier alpha value is -1.39. The van der Waals surface area contributed by atoms with E-state index in [-0.39, 0.29) is 0 Å². The number of aliphatic hydroxyl groups is 1. The van der Waals surface area contributed by atoms with E-state index in [0.29, 0.717) is 12.3 Å². The van der Waals surface area contributed by atoms with Crippen molar-refractivity contribution in [1.29, 1.82) is 0 Å². The van der Waals surface area contributed by atoms with Crippen LogP contribution in [0.3, 0.4) is 0 Å². The van der Waals surface area contributed by atoms with Crippen LogP contribution in [0.25, 0.3) is 0 Å². The van der Waals surface area contributed by atoms with Crippen LogP contribution in [-0.2, 0) is 6.54 Å². The maximum Gasteiger partial charge on any atom is 0.116 e. The highest BCUT2D eigenvalue weighted by molar-refractivity contribution is 7.98. The van der Waals surface area contributed by atoms with Crippen molar-refractivity contribution < 1.29 is 5.11 Å². The molecule has 0 fully saturated rings. The van der Waals surface area contributed by atoms with E-state index in [1.54, 1.807) is 0 Å². The van der Waals surface area contributed by atoms with Crippen LogP contribution in [0.4, 0.5) is 0 Å². The number of hydrogen-bond donors (Lipinski definition) is 2. The minimum atomic E-state index is 0.472. The molecule has 20 heavy (non-hydrogen) atoms. The Balaban J connectivity index is 1.82. The Morgan fingerprint density at radius 1 is 1.30 bits per heavy atom. The van der Waals surface area contributed by atoms with Crippen molar-refractivity contribution in [3.05, 3.63) is 59.5 Å². The molecule has 0 unspecified atom stereocenters. The Kier molecular flexibility index (Phi) is 6.02. The van der Waals surface area contributed by atoms with E-state index < -0.39 is 0 Å². The molecule has 0 bridgehead atoms. The fourth-order valence-electron chi connectivity index (χ4n) is 2.12. The maximum atomic E-state index is 10.1. The number of thioether (sulfide) groups is 1. The summed E-state index contributed by atoms with van der Waals surface area (Å²) in [6.07, 6.45) is 6.17. The zero-order valence-electron chi connectivity index (χ0n) is 11.9. The summed E-state index contributed by atoms with van der Waals surface area (Å²) >= 11 is 1.82. The van der Waals surface area contributed by atoms with Crippen molar-refractivity contribution in [3.8, 4) is 0 Å². The molecule has 0 aliphatic carbocycles. The van der Waals surface area contributed by atoms with E-state index in [4.69, 9.17) is 0 Å². The second-order valence-electron chi connectivity index (χ2n) is 4.85. The van der Waals surface area contributed by atoms with Crippen LogP contribution in [0.5, 0.6) is 0 Å². The number of hydrogen-bond acceptors (Lipinski definition) is 4. The van der Waals surface area contributed by atoms with E-state index in [9.17, 15) is 5.11 Å². The second kappa shape index (κ2) is 8.02. The number of rotatable bonds is 7. The van der Waals surface area contributed by atoms with E-state index in [1.165, 1.54) is 5.56 Å². The van der Waals surface area contributed by atoms with Gasteiger partial charge < -0.3 is 15.3 Å². The topological polar surface area (TPSA) is 35.5 Å². The maximum absolute atomic E-state index is 10.1. The van der Waals surface area contributed by atoms with Crippen molar-refractivity contribution in [3.63, 3.8) is 0 Å². The van der Waals surface area contributed by atoms with Crippen molar-refractivity contribution in [2.24, 2.45) is 0 Å². The van der Waals surface area contributed by atoms with E-state index in [2.05, 4.69) is 34.8 Å². The first kappa shape index (κ1) is 15.0. The summed E-state index contributed by atoms with van der Waals surface area (Å²) in [5.41, 5.74) is 2.25. The molecule has 0 atom stereocenters. The summed E-state index contributed by atoms with van der Waals surface area (Å²) in [4.78, 5) is 2.12. The van der Waals surface area contributed by atoms with Gasteiger partial charge in [-0.05, 0) is 17.9 Å². The molecule has 1 aromatic rings. The van der Waals surface area contributed by atoms with Gasteiger partial charge in [0.1, 0.15) is 5.76 Å². The van der Waals surface area contributed by atoms with Crippen LogP contribution in [0.15, 0.2) is 53.9 Å². The van der Waals surface area contributed by atoms with Gasteiger partial charge in [-0.25, -0.2) is 0 Å². The van der Waals surface area contributed by atoms with E-state index in [1.807, 2.05) is 36.0 Å². The molecule has 0 saturated carbocycles. The van der Waals surface area contributed by atoms with Crippen LogP contribution in [0, 0.1) is 0 Å². The third kappa shape index (κ3) is 4.62. The van der Waals surface area contributed by atoms with Gasteiger partial charge >= 0.3 is 0 Å². The number of nitrogens with one attached hydrogen (secondary N) is 1. The highest BCUT2D eigenvalue weighted by atomic mass is 32.2. The lowest BCUT2D eigenvalue weighted by molar-refractivity contribution is 0.296. The molecule has 1 heterocycles. The summed E-state index contributed by atoms with van der Waals surface area (Å²) in [5.74, 6) is 1.57. The summed E-state index contributed by atoms with van der Waals surface area (Å²) in [6, 6.07) is 10.3. The lowest BCUT2D eigenvalue weighted by Gasteiger charge is -2.25. The Bertz CT molecular complexity index is 471. The SMILES string of the molecule is CSCCNCC1=C(O)CN(Cc2ccccc2)C=C1. The van der Waals surface area contributed by atoms with Gasteiger partial charge in [0, 0.05) is 37.2 Å². The van der Waals surface area contributed by atoms with Crippen molar-refractivity contribution >= 4 is 11.8 Å². The highest BCUT2D eigenvalue weighted by Gasteiger charge is 2.12. The van der Waals surface area contributed by atoms with Crippen LogP contribution < -0.4 is 5.32 Å². The fraction of sp³-hybridized carbons (Fsp3) is 0.375. The second-order valence-corrected chi connectivity index (χ2v) is 5.83. The van der Waals surface area contributed by atoms with Crippen molar-refractivity contribution in [1.82, 2.24) is 10.2 Å². The number of nitrogens with zero attached hydrogens (tertiary/aromatic N) is 1. The molecule has 4 heteroatoms. The summed E-state index contributed by atoms with van der Waals surface area (Å²) in [6.45, 7) is 3.13. The van der Waals surface area contributed by atoms with Crippen LogP contribution in [0.2, 0.25) is 0 Å². The molecule has 3 nitrogen and oxygen atoms in total. The van der Waals surface area contributed by atoms with Gasteiger partial charge in [-0.3, -0.25) is 0 Å². The Morgan fingerprint density at radius 3 is 2.80 bits per heavy atom. The Labute approximate surface area is 125 Å². The van der Waals surface area contributed by atoms with E-state index >= 15 is 0 Å². The molecule has 1 aliphatic rings. The molecule has 1 aromatic carbocycles. The first-order chi connectivity index (χ1) is 9.79. The zero-order valence-corrected chi connectivity index (χ0v) is 12.7. The van der Waals surface area contributed by atoms with Gasteiger partial charge in [-0.2, -0.15) is 11.8 Å². The smallest absolute Gasteiger partial charge is 0.116 e. The van der Waals surface area contributed by atoms with Gasteiger partial charge in [0.25, 0.3) is 0 Å². The van der Waals surface area contributed by atoms with Gasteiger partial charge in [0.15, 0.2) is 0 Å². The molecule has 108 valence electrons. The highest BCUT2D eigenvalue weighted by Crippen LogP contribution is 2.15. The lowest BCUT2D eigenvalue weighted by Crippen LogP contribution is -2.27. The average molecular weight is 290 g/mol. The molecule has 0 radical (unpaired) electrons. The van der Waals surface area contributed by atoms with Gasteiger partial charge in [0.2, 0.25) is 0 Å². The average Bonchev–Trinajstić information content (AvgIpc) is 2.46. The molecule has 0 amide bonds. The fourth-order valence-corrected chi connectivity index (χ4v) is 2.47. The molecule has 0 saturated heterocycles. The number of benzene rings is 1. The minimum Gasteiger partial charge on any atom is -0.510 e. The summed E-state index contributed by atoms with van der Waals surface area (Å²) < 4.78 is 0. The zero-order chi connectivity index (χ0) is 14.2. The first-order valence-electron chi connectivity index (χ1n) is 6.86. The predicted octanol–water partition coefficient (Wildman–Crippen LogP) is 2.78. The van der Waals surface area contributed by atoms with Crippen molar-refractivity contribution in [2.45, 2.75) is 6.54 Å².